The van der Waals surface area contributed by atoms with Crippen LogP contribution in [-0.4, -0.2) is 20.5 Å². The fraction of sp³-hybridized carbons (Fsp3) is 0.308. The van der Waals surface area contributed by atoms with Crippen molar-refractivity contribution in [3.8, 4) is 0 Å². The smallest absolute Gasteiger partial charge is 0.144 e. The Hall–Kier alpha value is -1.68. The van der Waals surface area contributed by atoms with E-state index < -0.39 is 0 Å². The highest BCUT2D eigenvalue weighted by Gasteiger charge is 2.10. The molecule has 0 radical (unpaired) electrons. The lowest BCUT2D eigenvalue weighted by Crippen LogP contribution is -2.12. The van der Waals surface area contributed by atoms with Crippen LogP contribution in [0.15, 0.2) is 30.6 Å². The molecular weight excluding hydrogens is 250 g/mol. The van der Waals surface area contributed by atoms with Crippen LogP contribution in [0.4, 0.5) is 0 Å². The van der Waals surface area contributed by atoms with Crippen LogP contribution in [0.5, 0.6) is 0 Å². The van der Waals surface area contributed by atoms with Crippen LogP contribution in [0, 0.1) is 0 Å². The highest BCUT2D eigenvalue weighted by Crippen LogP contribution is 2.12. The van der Waals surface area contributed by atoms with E-state index in [2.05, 4.69) is 10.1 Å². The number of nitrogens with zero attached hydrogens (tertiary/aromatic N) is 3. The monoisotopic (exact) mass is 263 g/mol. The van der Waals surface area contributed by atoms with Crippen molar-refractivity contribution in [3.63, 3.8) is 0 Å². The molecule has 0 aliphatic heterocycles. The van der Waals surface area contributed by atoms with Gasteiger partial charge in [0.15, 0.2) is 0 Å². The number of aryl methyl sites for hydroxylation is 1. The van der Waals surface area contributed by atoms with E-state index in [1.807, 2.05) is 25.1 Å². The highest BCUT2D eigenvalue weighted by molar-refractivity contribution is 6.30. The molecule has 4 nitrogen and oxygen atoms in total. The van der Waals surface area contributed by atoms with Gasteiger partial charge in [0, 0.05) is 18.0 Å². The number of carbonyl (C=O) groups excluding carboxylic acids is 1. The van der Waals surface area contributed by atoms with Gasteiger partial charge in [0.2, 0.25) is 0 Å². The van der Waals surface area contributed by atoms with Gasteiger partial charge in [-0.2, -0.15) is 5.10 Å². The van der Waals surface area contributed by atoms with Crippen molar-refractivity contribution >= 4 is 17.4 Å². The molecule has 94 valence electrons. The number of benzene rings is 1. The maximum Gasteiger partial charge on any atom is 0.144 e. The SMILES string of the molecule is CCn1ncnc1CC(=O)Cc1cccc(Cl)c1. The molecule has 0 spiro atoms. The number of Topliss-reactive ketones (excluding diaryl/α,β-unsaturated/α-hetero) is 1. The zero-order valence-corrected chi connectivity index (χ0v) is 10.9. The molecule has 1 heterocycles. The summed E-state index contributed by atoms with van der Waals surface area (Å²) >= 11 is 5.88. The van der Waals surface area contributed by atoms with E-state index in [1.165, 1.54) is 6.33 Å². The third-order valence-corrected chi connectivity index (χ3v) is 2.88. The fourth-order valence-corrected chi connectivity index (χ4v) is 2.02. The van der Waals surface area contributed by atoms with Gasteiger partial charge in [0.25, 0.3) is 0 Å². The van der Waals surface area contributed by atoms with Gasteiger partial charge in [-0.3, -0.25) is 4.79 Å². The summed E-state index contributed by atoms with van der Waals surface area (Å²) < 4.78 is 1.73. The van der Waals surface area contributed by atoms with E-state index in [9.17, 15) is 4.79 Å². The van der Waals surface area contributed by atoms with E-state index in [0.717, 1.165) is 12.1 Å². The standard InChI is InChI=1S/C13H14ClN3O/c1-2-17-13(15-9-16-17)8-12(18)7-10-4-3-5-11(14)6-10/h3-6,9H,2,7-8H2,1H3. The van der Waals surface area contributed by atoms with Gasteiger partial charge in [-0.15, -0.1) is 0 Å². The summed E-state index contributed by atoms with van der Waals surface area (Å²) in [5, 5.41) is 4.69. The Labute approximate surface area is 111 Å². The van der Waals surface area contributed by atoms with Crippen molar-refractivity contribution in [1.29, 1.82) is 0 Å². The van der Waals surface area contributed by atoms with E-state index in [4.69, 9.17) is 11.6 Å². The molecule has 2 aromatic rings. The summed E-state index contributed by atoms with van der Waals surface area (Å²) in [6.45, 7) is 2.69. The predicted molar refractivity (Wildman–Crippen MR) is 69.6 cm³/mol. The molecule has 0 saturated carbocycles. The molecule has 1 aromatic heterocycles. The second-order valence-electron chi connectivity index (χ2n) is 4.01. The number of hydrogen-bond donors (Lipinski definition) is 0. The molecule has 0 aliphatic rings. The minimum absolute atomic E-state index is 0.111. The van der Waals surface area contributed by atoms with Crippen molar-refractivity contribution in [3.05, 3.63) is 47.0 Å². The molecule has 0 saturated heterocycles. The van der Waals surface area contributed by atoms with Gasteiger partial charge in [0.05, 0.1) is 6.42 Å². The van der Waals surface area contributed by atoms with Crippen LogP contribution in [0.3, 0.4) is 0 Å². The summed E-state index contributed by atoms with van der Waals surface area (Å²) in [7, 11) is 0. The number of aromatic nitrogens is 3. The van der Waals surface area contributed by atoms with Gasteiger partial charge >= 0.3 is 0 Å². The van der Waals surface area contributed by atoms with Gasteiger partial charge in [-0.05, 0) is 24.6 Å². The first-order valence-corrected chi connectivity index (χ1v) is 6.19. The van der Waals surface area contributed by atoms with Crippen molar-refractivity contribution < 1.29 is 4.79 Å². The molecule has 0 bridgehead atoms. The molecule has 5 heteroatoms. The van der Waals surface area contributed by atoms with E-state index >= 15 is 0 Å². The van der Waals surface area contributed by atoms with Gasteiger partial charge < -0.3 is 0 Å². The number of ketones is 1. The number of rotatable bonds is 5. The van der Waals surface area contributed by atoms with Gasteiger partial charge in [-0.1, -0.05) is 23.7 Å². The zero-order chi connectivity index (χ0) is 13.0. The first-order chi connectivity index (χ1) is 8.69. The van der Waals surface area contributed by atoms with Crippen molar-refractivity contribution in [2.45, 2.75) is 26.3 Å². The average Bonchev–Trinajstić information content (AvgIpc) is 2.76. The number of hydrogen-bond acceptors (Lipinski definition) is 3. The van der Waals surface area contributed by atoms with E-state index in [1.54, 1.807) is 10.7 Å². The van der Waals surface area contributed by atoms with Crippen LogP contribution in [-0.2, 0) is 24.2 Å². The second kappa shape index (κ2) is 5.78. The lowest BCUT2D eigenvalue weighted by atomic mass is 10.1. The van der Waals surface area contributed by atoms with Crippen LogP contribution in [0.2, 0.25) is 5.02 Å². The Morgan fingerprint density at radius 1 is 1.39 bits per heavy atom. The minimum atomic E-state index is 0.111. The summed E-state index contributed by atoms with van der Waals surface area (Å²) in [5.41, 5.74) is 0.926. The summed E-state index contributed by atoms with van der Waals surface area (Å²) in [6, 6.07) is 7.35. The van der Waals surface area contributed by atoms with E-state index in [0.29, 0.717) is 23.7 Å². The molecule has 0 atom stereocenters. The van der Waals surface area contributed by atoms with Crippen molar-refractivity contribution in [1.82, 2.24) is 14.8 Å². The molecule has 0 N–H and O–H groups in total. The summed E-state index contributed by atoms with van der Waals surface area (Å²) in [4.78, 5) is 16.0. The summed E-state index contributed by atoms with van der Waals surface area (Å²) in [6.07, 6.45) is 2.16. The minimum Gasteiger partial charge on any atom is -0.299 e. The maximum atomic E-state index is 11.9. The molecule has 0 aliphatic carbocycles. The Morgan fingerprint density at radius 3 is 2.94 bits per heavy atom. The Bertz CT molecular complexity index is 551. The fourth-order valence-electron chi connectivity index (χ4n) is 1.80. The molecule has 1 aromatic carbocycles. The van der Waals surface area contributed by atoms with Crippen LogP contribution in [0.25, 0.3) is 0 Å². The van der Waals surface area contributed by atoms with E-state index in [-0.39, 0.29) is 5.78 Å². The zero-order valence-electron chi connectivity index (χ0n) is 10.1. The lowest BCUT2D eigenvalue weighted by Gasteiger charge is -2.03. The van der Waals surface area contributed by atoms with Crippen molar-refractivity contribution in [2.24, 2.45) is 0 Å². The Balaban J connectivity index is 2.01. The normalized spacial score (nSPS) is 10.6. The third-order valence-electron chi connectivity index (χ3n) is 2.64. The number of carbonyl (C=O) groups is 1. The van der Waals surface area contributed by atoms with Crippen molar-refractivity contribution in [2.75, 3.05) is 0 Å². The third kappa shape index (κ3) is 3.17. The first kappa shape index (κ1) is 12.8. The van der Waals surface area contributed by atoms with Gasteiger partial charge in [0.1, 0.15) is 17.9 Å². The largest absolute Gasteiger partial charge is 0.299 e. The molecule has 0 unspecified atom stereocenters. The average molecular weight is 264 g/mol. The predicted octanol–water partition coefficient (Wildman–Crippen LogP) is 2.31. The quantitative estimate of drug-likeness (QED) is 0.832. The molecular formula is C13H14ClN3O. The van der Waals surface area contributed by atoms with Crippen LogP contribution < -0.4 is 0 Å². The lowest BCUT2D eigenvalue weighted by molar-refractivity contribution is -0.117. The molecule has 18 heavy (non-hydrogen) atoms. The van der Waals surface area contributed by atoms with Crippen LogP contribution in [0.1, 0.15) is 18.3 Å². The molecule has 0 amide bonds. The molecule has 2 rings (SSSR count). The maximum absolute atomic E-state index is 11.9. The van der Waals surface area contributed by atoms with Gasteiger partial charge in [-0.25, -0.2) is 9.67 Å². The first-order valence-electron chi connectivity index (χ1n) is 5.82. The summed E-state index contributed by atoms with van der Waals surface area (Å²) in [5.74, 6) is 0.824. The van der Waals surface area contributed by atoms with Crippen LogP contribution >= 0.6 is 11.6 Å². The second-order valence-corrected chi connectivity index (χ2v) is 4.45. The Kier molecular flexibility index (Phi) is 4.10. The highest BCUT2D eigenvalue weighted by atomic mass is 35.5. The topological polar surface area (TPSA) is 47.8 Å². The number of halogens is 1. The Morgan fingerprint density at radius 2 is 2.22 bits per heavy atom. The molecule has 0 fully saturated rings.